The standard InChI is InChI=1S/C16H18N2/c1-4-12(3)15-10-11-17-16(18-15)14-8-6-13(5-2)7-9-14/h4,6-11H,5H2,1-3H3/b12-4+. The van der Waals surface area contributed by atoms with E-state index < -0.39 is 0 Å². The Morgan fingerprint density at radius 2 is 1.89 bits per heavy atom. The van der Waals surface area contributed by atoms with Crippen molar-refractivity contribution in [1.82, 2.24) is 9.97 Å². The van der Waals surface area contributed by atoms with E-state index in [0.717, 1.165) is 23.5 Å². The van der Waals surface area contributed by atoms with Gasteiger partial charge in [-0.1, -0.05) is 37.3 Å². The van der Waals surface area contributed by atoms with Crippen molar-refractivity contribution in [1.29, 1.82) is 0 Å². The molecule has 0 aliphatic heterocycles. The summed E-state index contributed by atoms with van der Waals surface area (Å²) >= 11 is 0. The Morgan fingerprint density at radius 1 is 1.17 bits per heavy atom. The third-order valence-corrected chi connectivity index (χ3v) is 3.11. The predicted molar refractivity (Wildman–Crippen MR) is 76.2 cm³/mol. The topological polar surface area (TPSA) is 25.8 Å². The number of aromatic nitrogens is 2. The SMILES string of the molecule is C/C=C(\C)c1ccnc(-c2ccc(CC)cc2)n1. The summed E-state index contributed by atoms with van der Waals surface area (Å²) < 4.78 is 0. The molecule has 0 bridgehead atoms. The third-order valence-electron chi connectivity index (χ3n) is 3.11. The molecule has 1 aromatic carbocycles. The summed E-state index contributed by atoms with van der Waals surface area (Å²) in [5, 5.41) is 0. The van der Waals surface area contributed by atoms with Gasteiger partial charge in [0.2, 0.25) is 0 Å². The Bertz CT molecular complexity index is 554. The van der Waals surface area contributed by atoms with Crippen LogP contribution in [0.1, 0.15) is 32.0 Å². The fraction of sp³-hybridized carbons (Fsp3) is 0.250. The molecule has 0 saturated carbocycles. The number of nitrogens with zero attached hydrogens (tertiary/aromatic N) is 2. The molecule has 0 saturated heterocycles. The van der Waals surface area contributed by atoms with Crippen LogP contribution in [0.3, 0.4) is 0 Å². The van der Waals surface area contributed by atoms with Crippen molar-refractivity contribution >= 4 is 5.57 Å². The van der Waals surface area contributed by atoms with Gasteiger partial charge in [0, 0.05) is 11.8 Å². The number of aryl methyl sites for hydroxylation is 1. The van der Waals surface area contributed by atoms with Crippen LogP contribution in [0, 0.1) is 0 Å². The quantitative estimate of drug-likeness (QED) is 0.803. The molecule has 0 amide bonds. The lowest BCUT2D eigenvalue weighted by Crippen LogP contribution is -1.93. The zero-order valence-corrected chi connectivity index (χ0v) is 11.1. The van der Waals surface area contributed by atoms with Gasteiger partial charge in [0.15, 0.2) is 5.82 Å². The van der Waals surface area contributed by atoms with E-state index in [9.17, 15) is 0 Å². The van der Waals surface area contributed by atoms with Crippen LogP contribution in [0.15, 0.2) is 42.6 Å². The number of allylic oxidation sites excluding steroid dienone is 2. The first-order valence-corrected chi connectivity index (χ1v) is 6.30. The summed E-state index contributed by atoms with van der Waals surface area (Å²) in [7, 11) is 0. The molecule has 0 radical (unpaired) electrons. The molecule has 92 valence electrons. The highest BCUT2D eigenvalue weighted by Gasteiger charge is 2.03. The monoisotopic (exact) mass is 238 g/mol. The molecule has 1 aromatic heterocycles. The van der Waals surface area contributed by atoms with Crippen LogP contribution in [-0.2, 0) is 6.42 Å². The zero-order valence-electron chi connectivity index (χ0n) is 11.1. The van der Waals surface area contributed by atoms with Gasteiger partial charge < -0.3 is 0 Å². The van der Waals surface area contributed by atoms with Gasteiger partial charge in [-0.2, -0.15) is 0 Å². The Labute approximate surface area is 108 Å². The van der Waals surface area contributed by atoms with Crippen molar-refractivity contribution in [2.24, 2.45) is 0 Å². The van der Waals surface area contributed by atoms with E-state index in [2.05, 4.69) is 54.2 Å². The van der Waals surface area contributed by atoms with Gasteiger partial charge in [-0.05, 0) is 37.5 Å². The molecular weight excluding hydrogens is 220 g/mol. The van der Waals surface area contributed by atoms with Gasteiger partial charge in [-0.25, -0.2) is 9.97 Å². The summed E-state index contributed by atoms with van der Waals surface area (Å²) in [4.78, 5) is 8.93. The molecule has 2 aromatic rings. The fourth-order valence-electron chi connectivity index (χ4n) is 1.75. The third kappa shape index (κ3) is 2.65. The average molecular weight is 238 g/mol. The van der Waals surface area contributed by atoms with Crippen LogP contribution >= 0.6 is 0 Å². The van der Waals surface area contributed by atoms with Crippen LogP contribution in [-0.4, -0.2) is 9.97 Å². The first-order valence-electron chi connectivity index (χ1n) is 6.30. The fourth-order valence-corrected chi connectivity index (χ4v) is 1.75. The molecule has 1 heterocycles. The summed E-state index contributed by atoms with van der Waals surface area (Å²) in [6.07, 6.45) is 4.93. The van der Waals surface area contributed by atoms with Crippen molar-refractivity contribution in [2.45, 2.75) is 27.2 Å². The first kappa shape index (κ1) is 12.5. The molecule has 0 spiro atoms. The number of rotatable bonds is 3. The number of hydrogen-bond acceptors (Lipinski definition) is 2. The molecule has 0 unspecified atom stereocenters. The maximum absolute atomic E-state index is 4.59. The van der Waals surface area contributed by atoms with Gasteiger partial charge in [-0.15, -0.1) is 0 Å². The summed E-state index contributed by atoms with van der Waals surface area (Å²) in [5.41, 5.74) is 4.56. The minimum atomic E-state index is 0.788. The highest BCUT2D eigenvalue weighted by atomic mass is 14.9. The van der Waals surface area contributed by atoms with Crippen molar-refractivity contribution in [3.05, 3.63) is 53.9 Å². The van der Waals surface area contributed by atoms with Gasteiger partial charge in [-0.3, -0.25) is 0 Å². The van der Waals surface area contributed by atoms with Crippen LogP contribution in [0.4, 0.5) is 0 Å². The van der Waals surface area contributed by atoms with E-state index in [1.54, 1.807) is 0 Å². The minimum absolute atomic E-state index is 0.788. The lowest BCUT2D eigenvalue weighted by Gasteiger charge is -2.04. The first-order chi connectivity index (χ1) is 8.74. The van der Waals surface area contributed by atoms with Gasteiger partial charge in [0.05, 0.1) is 5.69 Å². The van der Waals surface area contributed by atoms with E-state index in [0.29, 0.717) is 0 Å². The van der Waals surface area contributed by atoms with Gasteiger partial charge in [0.25, 0.3) is 0 Å². The van der Waals surface area contributed by atoms with E-state index in [1.165, 1.54) is 11.1 Å². The second-order valence-corrected chi connectivity index (χ2v) is 4.29. The zero-order chi connectivity index (χ0) is 13.0. The second-order valence-electron chi connectivity index (χ2n) is 4.29. The molecule has 18 heavy (non-hydrogen) atoms. The Morgan fingerprint density at radius 3 is 2.50 bits per heavy atom. The van der Waals surface area contributed by atoms with Gasteiger partial charge in [0.1, 0.15) is 0 Å². The lowest BCUT2D eigenvalue weighted by atomic mass is 10.1. The van der Waals surface area contributed by atoms with Crippen molar-refractivity contribution in [3.8, 4) is 11.4 Å². The Hall–Kier alpha value is -1.96. The van der Waals surface area contributed by atoms with Crippen LogP contribution in [0.2, 0.25) is 0 Å². The molecule has 0 atom stereocenters. The molecular formula is C16H18N2. The van der Waals surface area contributed by atoms with Crippen LogP contribution in [0.5, 0.6) is 0 Å². The largest absolute Gasteiger partial charge is 0.237 e. The molecule has 2 heteroatoms. The smallest absolute Gasteiger partial charge is 0.159 e. The summed E-state index contributed by atoms with van der Waals surface area (Å²) in [5.74, 6) is 0.788. The maximum atomic E-state index is 4.59. The highest BCUT2D eigenvalue weighted by molar-refractivity contribution is 5.63. The second kappa shape index (κ2) is 5.58. The van der Waals surface area contributed by atoms with E-state index in [-0.39, 0.29) is 0 Å². The summed E-state index contributed by atoms with van der Waals surface area (Å²) in [6, 6.07) is 10.4. The number of hydrogen-bond donors (Lipinski definition) is 0. The Balaban J connectivity index is 2.38. The lowest BCUT2D eigenvalue weighted by molar-refractivity contribution is 1.13. The molecule has 0 fully saturated rings. The highest BCUT2D eigenvalue weighted by Crippen LogP contribution is 2.18. The number of benzene rings is 1. The van der Waals surface area contributed by atoms with E-state index in [4.69, 9.17) is 0 Å². The van der Waals surface area contributed by atoms with E-state index in [1.807, 2.05) is 19.2 Å². The molecule has 2 nitrogen and oxygen atoms in total. The van der Waals surface area contributed by atoms with E-state index >= 15 is 0 Å². The van der Waals surface area contributed by atoms with Crippen molar-refractivity contribution in [3.63, 3.8) is 0 Å². The van der Waals surface area contributed by atoms with Crippen molar-refractivity contribution < 1.29 is 0 Å². The Kier molecular flexibility index (Phi) is 3.88. The molecule has 2 rings (SSSR count). The summed E-state index contributed by atoms with van der Waals surface area (Å²) in [6.45, 7) is 6.24. The van der Waals surface area contributed by atoms with Gasteiger partial charge >= 0.3 is 0 Å². The maximum Gasteiger partial charge on any atom is 0.159 e. The predicted octanol–water partition coefficient (Wildman–Crippen LogP) is 4.13. The molecule has 0 aliphatic carbocycles. The normalized spacial score (nSPS) is 11.6. The molecule has 0 N–H and O–H groups in total. The van der Waals surface area contributed by atoms with Crippen LogP contribution in [0.25, 0.3) is 17.0 Å². The average Bonchev–Trinajstić information content (AvgIpc) is 2.46. The minimum Gasteiger partial charge on any atom is -0.237 e. The van der Waals surface area contributed by atoms with Crippen molar-refractivity contribution in [2.75, 3.05) is 0 Å². The van der Waals surface area contributed by atoms with Crippen LogP contribution < -0.4 is 0 Å². The molecule has 0 aliphatic rings.